The van der Waals surface area contributed by atoms with Gasteiger partial charge in [-0.3, -0.25) is 4.79 Å². The minimum atomic E-state index is -3.71. The molecular formula is C16H15ClFNO3S. The Balaban J connectivity index is 1.88. The lowest BCUT2D eigenvalue weighted by Crippen LogP contribution is -2.31. The zero-order chi connectivity index (χ0) is 16.9. The van der Waals surface area contributed by atoms with Crippen LogP contribution in [0.5, 0.6) is 0 Å². The van der Waals surface area contributed by atoms with Crippen LogP contribution in [-0.2, 0) is 21.1 Å². The van der Waals surface area contributed by atoms with Crippen molar-refractivity contribution in [1.82, 2.24) is 5.32 Å². The highest BCUT2D eigenvalue weighted by Gasteiger charge is 2.18. The SMILES string of the molecule is O=C(CS(=O)(=O)c1ccc(Cl)cc1)NCCc1cccc(F)c1. The second-order valence-corrected chi connectivity index (χ2v) is 7.37. The van der Waals surface area contributed by atoms with Gasteiger partial charge in [0, 0.05) is 11.6 Å². The quantitative estimate of drug-likeness (QED) is 0.866. The molecule has 0 aliphatic carbocycles. The second kappa shape index (κ2) is 7.57. The predicted molar refractivity (Wildman–Crippen MR) is 86.6 cm³/mol. The van der Waals surface area contributed by atoms with Gasteiger partial charge in [-0.05, 0) is 48.4 Å². The Kier molecular flexibility index (Phi) is 5.74. The van der Waals surface area contributed by atoms with Crippen LogP contribution in [0.3, 0.4) is 0 Å². The van der Waals surface area contributed by atoms with Crippen molar-refractivity contribution < 1.29 is 17.6 Å². The van der Waals surface area contributed by atoms with E-state index >= 15 is 0 Å². The van der Waals surface area contributed by atoms with Crippen LogP contribution in [0, 0.1) is 5.82 Å². The maximum atomic E-state index is 13.0. The van der Waals surface area contributed by atoms with Crippen LogP contribution in [0.25, 0.3) is 0 Å². The molecule has 122 valence electrons. The summed E-state index contributed by atoms with van der Waals surface area (Å²) >= 11 is 5.70. The fraction of sp³-hybridized carbons (Fsp3) is 0.188. The van der Waals surface area contributed by atoms with Crippen LogP contribution in [0.15, 0.2) is 53.4 Å². The summed E-state index contributed by atoms with van der Waals surface area (Å²) in [4.78, 5) is 11.8. The van der Waals surface area contributed by atoms with E-state index in [2.05, 4.69) is 5.32 Å². The molecule has 2 aromatic carbocycles. The van der Waals surface area contributed by atoms with Gasteiger partial charge in [0.05, 0.1) is 4.90 Å². The van der Waals surface area contributed by atoms with Gasteiger partial charge in [-0.2, -0.15) is 0 Å². The number of hydrogen-bond acceptors (Lipinski definition) is 3. The molecule has 2 aromatic rings. The summed E-state index contributed by atoms with van der Waals surface area (Å²) in [6, 6.07) is 11.6. The molecule has 1 N–H and O–H groups in total. The van der Waals surface area contributed by atoms with E-state index in [0.29, 0.717) is 11.4 Å². The molecule has 0 saturated heterocycles. The van der Waals surface area contributed by atoms with Crippen LogP contribution < -0.4 is 5.32 Å². The lowest BCUT2D eigenvalue weighted by molar-refractivity contribution is -0.118. The van der Waals surface area contributed by atoms with E-state index in [4.69, 9.17) is 11.6 Å². The standard InChI is InChI=1S/C16H15ClFNO3S/c17-13-4-6-15(7-5-13)23(21,22)11-16(20)19-9-8-12-2-1-3-14(18)10-12/h1-7,10H,8-9,11H2,(H,19,20). The molecule has 0 aliphatic heterocycles. The van der Waals surface area contributed by atoms with Crippen LogP contribution >= 0.6 is 11.6 Å². The van der Waals surface area contributed by atoms with Crippen molar-refractivity contribution >= 4 is 27.3 Å². The Hall–Kier alpha value is -1.92. The lowest BCUT2D eigenvalue weighted by Gasteiger charge is -2.07. The molecule has 0 unspecified atom stereocenters. The molecule has 7 heteroatoms. The van der Waals surface area contributed by atoms with Crippen LogP contribution in [0.4, 0.5) is 4.39 Å². The Morgan fingerprint density at radius 1 is 1.13 bits per heavy atom. The summed E-state index contributed by atoms with van der Waals surface area (Å²) in [5.41, 5.74) is 0.728. The summed E-state index contributed by atoms with van der Waals surface area (Å²) in [5, 5.41) is 2.94. The maximum absolute atomic E-state index is 13.0. The van der Waals surface area contributed by atoms with Crippen molar-refractivity contribution in [3.05, 3.63) is 64.9 Å². The van der Waals surface area contributed by atoms with Gasteiger partial charge >= 0.3 is 0 Å². The van der Waals surface area contributed by atoms with E-state index in [1.165, 1.54) is 36.4 Å². The van der Waals surface area contributed by atoms with Crippen molar-refractivity contribution in [2.45, 2.75) is 11.3 Å². The summed E-state index contributed by atoms with van der Waals surface area (Å²) in [5.74, 6) is -1.59. The number of hydrogen-bond donors (Lipinski definition) is 1. The number of halogens is 2. The van der Waals surface area contributed by atoms with E-state index in [0.717, 1.165) is 5.56 Å². The fourth-order valence-corrected chi connectivity index (χ4v) is 3.28. The topological polar surface area (TPSA) is 63.2 Å². The van der Waals surface area contributed by atoms with Crippen molar-refractivity contribution in [3.63, 3.8) is 0 Å². The molecule has 0 aliphatic rings. The molecule has 2 rings (SSSR count). The summed E-state index contributed by atoms with van der Waals surface area (Å²) < 4.78 is 37.2. The highest BCUT2D eigenvalue weighted by Crippen LogP contribution is 2.15. The van der Waals surface area contributed by atoms with E-state index in [-0.39, 0.29) is 17.3 Å². The Bertz CT molecular complexity index is 791. The Morgan fingerprint density at radius 3 is 2.48 bits per heavy atom. The first-order valence-electron chi connectivity index (χ1n) is 6.86. The number of sulfone groups is 1. The zero-order valence-electron chi connectivity index (χ0n) is 12.1. The Morgan fingerprint density at radius 2 is 1.83 bits per heavy atom. The number of amides is 1. The molecule has 0 bridgehead atoms. The van der Waals surface area contributed by atoms with Crippen molar-refractivity contribution in [2.24, 2.45) is 0 Å². The van der Waals surface area contributed by atoms with E-state index in [1.54, 1.807) is 12.1 Å². The summed E-state index contributed by atoms with van der Waals surface area (Å²) in [6.07, 6.45) is 0.421. The molecular weight excluding hydrogens is 341 g/mol. The van der Waals surface area contributed by atoms with Crippen molar-refractivity contribution in [1.29, 1.82) is 0 Å². The van der Waals surface area contributed by atoms with Gasteiger partial charge in [0.15, 0.2) is 9.84 Å². The number of nitrogens with one attached hydrogen (secondary N) is 1. The van der Waals surface area contributed by atoms with Crippen LogP contribution in [0.1, 0.15) is 5.56 Å². The molecule has 0 radical (unpaired) electrons. The molecule has 4 nitrogen and oxygen atoms in total. The first-order chi connectivity index (χ1) is 10.9. The molecule has 0 saturated carbocycles. The van der Waals surface area contributed by atoms with E-state index < -0.39 is 21.5 Å². The van der Waals surface area contributed by atoms with Gasteiger partial charge in [0.1, 0.15) is 11.6 Å². The van der Waals surface area contributed by atoms with E-state index in [1.807, 2.05) is 0 Å². The predicted octanol–water partition coefficient (Wildman–Crippen LogP) is 2.61. The number of carbonyl (C=O) groups is 1. The highest BCUT2D eigenvalue weighted by molar-refractivity contribution is 7.92. The van der Waals surface area contributed by atoms with Crippen molar-refractivity contribution in [2.75, 3.05) is 12.3 Å². The highest BCUT2D eigenvalue weighted by atomic mass is 35.5. The largest absolute Gasteiger partial charge is 0.355 e. The zero-order valence-corrected chi connectivity index (χ0v) is 13.7. The van der Waals surface area contributed by atoms with Crippen LogP contribution in [-0.4, -0.2) is 26.6 Å². The van der Waals surface area contributed by atoms with Gasteiger partial charge in [-0.15, -0.1) is 0 Å². The Labute approximate surface area is 139 Å². The van der Waals surface area contributed by atoms with Crippen LogP contribution in [0.2, 0.25) is 5.02 Å². The van der Waals surface area contributed by atoms with Crippen molar-refractivity contribution in [3.8, 4) is 0 Å². The monoisotopic (exact) mass is 355 g/mol. The molecule has 0 fully saturated rings. The van der Waals surface area contributed by atoms with Gasteiger partial charge in [-0.25, -0.2) is 12.8 Å². The molecule has 0 spiro atoms. The van der Waals surface area contributed by atoms with Gasteiger partial charge < -0.3 is 5.32 Å². The first-order valence-corrected chi connectivity index (χ1v) is 8.89. The molecule has 0 atom stereocenters. The minimum absolute atomic E-state index is 0.0437. The van der Waals surface area contributed by atoms with E-state index in [9.17, 15) is 17.6 Å². The third-order valence-electron chi connectivity index (χ3n) is 3.12. The minimum Gasteiger partial charge on any atom is -0.355 e. The fourth-order valence-electron chi connectivity index (χ4n) is 1.99. The second-order valence-electron chi connectivity index (χ2n) is 4.94. The van der Waals surface area contributed by atoms with Gasteiger partial charge in [0.2, 0.25) is 5.91 Å². The summed E-state index contributed by atoms with van der Waals surface area (Å²) in [7, 11) is -3.71. The normalized spacial score (nSPS) is 11.2. The maximum Gasteiger partial charge on any atom is 0.235 e. The number of carbonyl (C=O) groups excluding carboxylic acids is 1. The van der Waals surface area contributed by atoms with Gasteiger partial charge in [-0.1, -0.05) is 23.7 Å². The van der Waals surface area contributed by atoms with Gasteiger partial charge in [0.25, 0.3) is 0 Å². The number of rotatable bonds is 6. The molecule has 0 heterocycles. The number of benzene rings is 2. The molecule has 1 amide bonds. The smallest absolute Gasteiger partial charge is 0.235 e. The molecule has 0 aromatic heterocycles. The summed E-state index contributed by atoms with van der Waals surface area (Å²) in [6.45, 7) is 0.235. The average Bonchev–Trinajstić information content (AvgIpc) is 2.47. The average molecular weight is 356 g/mol. The first kappa shape index (κ1) is 17.4. The third kappa shape index (κ3) is 5.33. The molecule has 23 heavy (non-hydrogen) atoms. The lowest BCUT2D eigenvalue weighted by atomic mass is 10.1. The third-order valence-corrected chi connectivity index (χ3v) is 5.00.